The van der Waals surface area contributed by atoms with Crippen molar-refractivity contribution in [2.45, 2.75) is 25.2 Å². The fourth-order valence-electron chi connectivity index (χ4n) is 3.44. The summed E-state index contributed by atoms with van der Waals surface area (Å²) < 4.78 is 5.28. The van der Waals surface area contributed by atoms with Crippen LogP contribution in [0.25, 0.3) is 0 Å². The summed E-state index contributed by atoms with van der Waals surface area (Å²) in [5.74, 6) is -1.60. The third-order valence-electron chi connectivity index (χ3n) is 5.13. The van der Waals surface area contributed by atoms with Crippen LogP contribution in [-0.4, -0.2) is 24.4 Å². The predicted molar refractivity (Wildman–Crippen MR) is 134 cm³/mol. The number of benzene rings is 3. The second kappa shape index (κ2) is 10.4. The fraction of sp³-hybridized carbons (Fsp3) is 0.148. The summed E-state index contributed by atoms with van der Waals surface area (Å²) in [5, 5.41) is 3.12. The number of aryl methyl sites for hydroxylation is 1. The number of carbonyl (C=O) groups excluding carboxylic acids is 3. The van der Waals surface area contributed by atoms with Crippen molar-refractivity contribution in [1.82, 2.24) is 0 Å². The second-order valence-corrected chi connectivity index (χ2v) is 8.79. The summed E-state index contributed by atoms with van der Waals surface area (Å²) in [7, 11) is 0. The fourth-order valence-corrected chi connectivity index (χ4v) is 4.36. The molecule has 0 saturated heterocycles. The van der Waals surface area contributed by atoms with E-state index in [0.717, 1.165) is 15.4 Å². The van der Waals surface area contributed by atoms with E-state index in [-0.39, 0.29) is 28.5 Å². The number of thioether (sulfide) groups is 1. The lowest BCUT2D eigenvalue weighted by Crippen LogP contribution is -2.33. The molecule has 0 saturated carbocycles. The van der Waals surface area contributed by atoms with Gasteiger partial charge in [-0.25, -0.2) is 9.69 Å². The van der Waals surface area contributed by atoms with Crippen LogP contribution in [0.5, 0.6) is 0 Å². The van der Waals surface area contributed by atoms with E-state index in [4.69, 9.17) is 4.74 Å². The number of ether oxygens (including phenoxy) is 1. The number of nitrogens with one attached hydrogen (secondary N) is 1. The molecule has 0 fully saturated rings. The van der Waals surface area contributed by atoms with Gasteiger partial charge in [0.2, 0.25) is 0 Å². The molecule has 0 radical (unpaired) electrons. The first-order valence-corrected chi connectivity index (χ1v) is 11.8. The molecule has 1 N–H and O–H groups in total. The Kier molecular flexibility index (Phi) is 7.13. The molecule has 1 aliphatic heterocycles. The number of hydrogen-bond acceptors (Lipinski definition) is 6. The minimum atomic E-state index is -0.574. The topological polar surface area (TPSA) is 75.7 Å². The number of para-hydroxylation sites is 2. The van der Waals surface area contributed by atoms with Crippen LogP contribution >= 0.6 is 11.8 Å². The largest absolute Gasteiger partial charge is 0.462 e. The van der Waals surface area contributed by atoms with E-state index < -0.39 is 17.8 Å². The number of hydrogen-bond donors (Lipinski definition) is 1. The average molecular weight is 473 g/mol. The van der Waals surface area contributed by atoms with E-state index in [2.05, 4.69) is 5.32 Å². The standard InChI is InChI=1S/C27H24N2O4S/c1-3-17-33-27(32)21-11-7-8-12-22(21)29-25(30)23(28-19-9-5-4-6-10-19)24(26(29)31)34-20-15-13-18(2)14-16-20/h4-16,28H,3,17H2,1-2H3. The van der Waals surface area contributed by atoms with Crippen LogP contribution in [0.1, 0.15) is 29.3 Å². The van der Waals surface area contributed by atoms with Crippen molar-refractivity contribution < 1.29 is 19.1 Å². The Bertz CT molecular complexity index is 1250. The smallest absolute Gasteiger partial charge is 0.340 e. The Morgan fingerprint density at radius 3 is 2.29 bits per heavy atom. The maximum atomic E-state index is 13.6. The van der Waals surface area contributed by atoms with Gasteiger partial charge >= 0.3 is 5.97 Å². The normalized spacial score (nSPS) is 13.4. The maximum absolute atomic E-state index is 13.6. The SMILES string of the molecule is CCCOC(=O)c1ccccc1N1C(=O)C(Nc2ccccc2)=C(Sc2ccc(C)cc2)C1=O. The highest BCUT2D eigenvalue weighted by atomic mass is 32.2. The highest BCUT2D eigenvalue weighted by Crippen LogP contribution is 2.39. The van der Waals surface area contributed by atoms with Crippen LogP contribution in [0.2, 0.25) is 0 Å². The zero-order valence-electron chi connectivity index (χ0n) is 18.9. The van der Waals surface area contributed by atoms with Gasteiger partial charge in [0.15, 0.2) is 0 Å². The number of amides is 2. The molecule has 172 valence electrons. The monoisotopic (exact) mass is 472 g/mol. The van der Waals surface area contributed by atoms with Gasteiger partial charge in [0.1, 0.15) is 10.6 Å². The van der Waals surface area contributed by atoms with Crippen molar-refractivity contribution in [1.29, 1.82) is 0 Å². The Balaban J connectivity index is 1.74. The molecule has 0 aliphatic carbocycles. The average Bonchev–Trinajstić information content (AvgIpc) is 3.08. The summed E-state index contributed by atoms with van der Waals surface area (Å²) in [6.07, 6.45) is 0.666. The van der Waals surface area contributed by atoms with Crippen molar-refractivity contribution in [3.8, 4) is 0 Å². The molecule has 1 heterocycles. The molecule has 0 bridgehead atoms. The molecular weight excluding hydrogens is 448 g/mol. The minimum Gasteiger partial charge on any atom is -0.462 e. The van der Waals surface area contributed by atoms with Crippen LogP contribution in [-0.2, 0) is 14.3 Å². The number of carbonyl (C=O) groups is 3. The molecule has 3 aromatic rings. The Labute approximate surface area is 202 Å². The quantitative estimate of drug-likeness (QED) is 0.342. The van der Waals surface area contributed by atoms with E-state index in [9.17, 15) is 14.4 Å². The Morgan fingerprint density at radius 2 is 1.59 bits per heavy atom. The molecule has 6 nitrogen and oxygen atoms in total. The molecule has 4 rings (SSSR count). The summed E-state index contributed by atoms with van der Waals surface area (Å²) in [6, 6.07) is 23.4. The summed E-state index contributed by atoms with van der Waals surface area (Å²) in [4.78, 5) is 42.0. The zero-order valence-corrected chi connectivity index (χ0v) is 19.7. The lowest BCUT2D eigenvalue weighted by atomic mass is 10.1. The van der Waals surface area contributed by atoms with E-state index >= 15 is 0 Å². The van der Waals surface area contributed by atoms with Gasteiger partial charge in [0.25, 0.3) is 11.8 Å². The summed E-state index contributed by atoms with van der Waals surface area (Å²) >= 11 is 1.21. The van der Waals surface area contributed by atoms with Crippen LogP contribution in [0.3, 0.4) is 0 Å². The van der Waals surface area contributed by atoms with Crippen molar-refractivity contribution in [2.75, 3.05) is 16.8 Å². The Hall–Kier alpha value is -3.84. The van der Waals surface area contributed by atoms with Gasteiger partial charge < -0.3 is 10.1 Å². The van der Waals surface area contributed by atoms with E-state index in [1.54, 1.807) is 24.3 Å². The molecule has 0 unspecified atom stereocenters. The first-order valence-electron chi connectivity index (χ1n) is 11.0. The molecule has 0 aromatic heterocycles. The van der Waals surface area contributed by atoms with E-state index in [1.807, 2.05) is 68.4 Å². The number of anilines is 2. The molecule has 1 aliphatic rings. The van der Waals surface area contributed by atoms with Gasteiger partial charge in [0, 0.05) is 10.6 Å². The van der Waals surface area contributed by atoms with Crippen LogP contribution in [0.4, 0.5) is 11.4 Å². The van der Waals surface area contributed by atoms with Crippen molar-refractivity contribution >= 4 is 40.9 Å². The zero-order chi connectivity index (χ0) is 24.1. The lowest BCUT2D eigenvalue weighted by molar-refractivity contribution is -0.120. The molecule has 0 spiro atoms. The number of imide groups is 1. The third kappa shape index (κ3) is 4.89. The molecule has 3 aromatic carbocycles. The molecular formula is C27H24N2O4S. The predicted octanol–water partition coefficient (Wildman–Crippen LogP) is 5.55. The number of rotatable bonds is 8. The number of esters is 1. The van der Waals surface area contributed by atoms with Crippen molar-refractivity contribution in [2.24, 2.45) is 0 Å². The van der Waals surface area contributed by atoms with Gasteiger partial charge in [-0.1, -0.05) is 66.7 Å². The minimum absolute atomic E-state index is 0.165. The van der Waals surface area contributed by atoms with Crippen LogP contribution in [0.15, 0.2) is 94.4 Å². The van der Waals surface area contributed by atoms with Gasteiger partial charge in [0.05, 0.1) is 17.9 Å². The highest BCUT2D eigenvalue weighted by Gasteiger charge is 2.41. The van der Waals surface area contributed by atoms with Crippen molar-refractivity contribution in [3.05, 3.63) is 101 Å². The lowest BCUT2D eigenvalue weighted by Gasteiger charge is -2.18. The van der Waals surface area contributed by atoms with E-state index in [1.165, 1.54) is 11.8 Å². The number of nitrogens with zero attached hydrogens (tertiary/aromatic N) is 1. The molecule has 2 amide bonds. The second-order valence-electron chi connectivity index (χ2n) is 7.71. The van der Waals surface area contributed by atoms with Gasteiger partial charge in [-0.15, -0.1) is 0 Å². The first kappa shape index (κ1) is 23.3. The van der Waals surface area contributed by atoms with E-state index in [0.29, 0.717) is 12.1 Å². The van der Waals surface area contributed by atoms with Gasteiger partial charge in [-0.3, -0.25) is 9.59 Å². The third-order valence-corrected chi connectivity index (χ3v) is 6.22. The molecule has 7 heteroatoms. The van der Waals surface area contributed by atoms with Crippen LogP contribution < -0.4 is 10.2 Å². The maximum Gasteiger partial charge on any atom is 0.340 e. The molecule has 34 heavy (non-hydrogen) atoms. The van der Waals surface area contributed by atoms with Gasteiger partial charge in [-0.2, -0.15) is 0 Å². The Morgan fingerprint density at radius 1 is 0.912 bits per heavy atom. The summed E-state index contributed by atoms with van der Waals surface area (Å²) in [6.45, 7) is 4.13. The molecule has 0 atom stereocenters. The van der Waals surface area contributed by atoms with Gasteiger partial charge in [-0.05, 0) is 49.7 Å². The summed E-state index contributed by atoms with van der Waals surface area (Å²) in [5.41, 5.74) is 2.30. The van der Waals surface area contributed by atoms with Crippen LogP contribution in [0, 0.1) is 6.92 Å². The van der Waals surface area contributed by atoms with Crippen molar-refractivity contribution in [3.63, 3.8) is 0 Å². The highest BCUT2D eigenvalue weighted by molar-refractivity contribution is 8.04. The first-order chi connectivity index (χ1) is 16.5.